The zero-order valence-electron chi connectivity index (χ0n) is 29.1. The number of piperazine rings is 1. The zero-order valence-corrected chi connectivity index (χ0v) is 29.1. The average molecular weight is 691 g/mol. The molecule has 2 aliphatic heterocycles. The number of carbonyl (C=O) groups excluding carboxylic acids is 3. The number of alkyl halides is 1. The third-order valence-electron chi connectivity index (χ3n) is 9.15. The highest BCUT2D eigenvalue weighted by atomic mass is 19.1. The van der Waals surface area contributed by atoms with Crippen LogP contribution in [0, 0.1) is 26.6 Å². The van der Waals surface area contributed by atoms with Crippen LogP contribution < -0.4 is 15.4 Å². The van der Waals surface area contributed by atoms with Crippen LogP contribution >= 0.6 is 0 Å². The summed E-state index contributed by atoms with van der Waals surface area (Å²) in [5.74, 6) is -1.14. The quantitative estimate of drug-likeness (QED) is 0.264. The molecular formula is C37H44F2N6O5. The summed E-state index contributed by atoms with van der Waals surface area (Å²) in [4.78, 5) is 43.7. The fourth-order valence-electron chi connectivity index (χ4n) is 6.16. The van der Waals surface area contributed by atoms with Gasteiger partial charge >= 0.3 is 0 Å². The molecule has 0 bridgehead atoms. The molecule has 0 aliphatic carbocycles. The van der Waals surface area contributed by atoms with Gasteiger partial charge in [0.05, 0.1) is 23.9 Å². The minimum atomic E-state index is -1.32. The zero-order chi connectivity index (χ0) is 36.1. The molecule has 0 radical (unpaired) electrons. The molecule has 2 aromatic carbocycles. The monoisotopic (exact) mass is 690 g/mol. The fraction of sp³-hybridized carbons (Fsp3) is 0.432. The molecule has 1 unspecified atom stereocenters. The molecule has 2 saturated heterocycles. The van der Waals surface area contributed by atoms with Gasteiger partial charge in [-0.3, -0.25) is 19.3 Å². The lowest BCUT2D eigenvalue weighted by Crippen LogP contribution is -2.54. The first-order valence-electron chi connectivity index (χ1n) is 16.8. The smallest absolute Gasteiger partial charge is 0.257 e. The Morgan fingerprint density at radius 2 is 1.84 bits per heavy atom. The van der Waals surface area contributed by atoms with Crippen molar-refractivity contribution in [2.75, 3.05) is 44.7 Å². The van der Waals surface area contributed by atoms with E-state index in [4.69, 9.17) is 9.47 Å². The van der Waals surface area contributed by atoms with E-state index >= 15 is 0 Å². The van der Waals surface area contributed by atoms with Crippen LogP contribution in [0.15, 0.2) is 49.1 Å². The number of nitrogens with one attached hydrogen (secondary N) is 2. The SMILES string of the molecule is C=CC(=O)N1CCN(C[C@@H](Oc2cc(C)c(C(=O)Nc3nnc(C(C)F)cc3C)cc2C(=O)N[C@H]2CCOC2)c2ccc(C)c(F)c2)C[C@H]1C. The highest BCUT2D eigenvalue weighted by Crippen LogP contribution is 2.32. The van der Waals surface area contributed by atoms with Gasteiger partial charge in [-0.15, -0.1) is 5.10 Å². The lowest BCUT2D eigenvalue weighted by Gasteiger charge is -2.40. The van der Waals surface area contributed by atoms with Crippen LogP contribution in [0.4, 0.5) is 14.6 Å². The van der Waals surface area contributed by atoms with Crippen LogP contribution in [0.5, 0.6) is 5.75 Å². The van der Waals surface area contributed by atoms with Crippen molar-refractivity contribution in [3.8, 4) is 5.75 Å². The van der Waals surface area contributed by atoms with E-state index in [0.29, 0.717) is 68.1 Å². The summed E-state index contributed by atoms with van der Waals surface area (Å²) in [7, 11) is 0. The van der Waals surface area contributed by atoms with Gasteiger partial charge in [0.25, 0.3) is 11.8 Å². The summed E-state index contributed by atoms with van der Waals surface area (Å²) in [6.45, 7) is 14.8. The predicted molar refractivity (Wildman–Crippen MR) is 184 cm³/mol. The van der Waals surface area contributed by atoms with Gasteiger partial charge < -0.3 is 25.0 Å². The molecule has 4 atom stereocenters. The predicted octanol–water partition coefficient (Wildman–Crippen LogP) is 5.18. The number of nitrogens with zero attached hydrogens (tertiary/aromatic N) is 4. The van der Waals surface area contributed by atoms with Crippen molar-refractivity contribution in [1.82, 2.24) is 25.3 Å². The highest BCUT2D eigenvalue weighted by Gasteiger charge is 2.30. The lowest BCUT2D eigenvalue weighted by molar-refractivity contribution is -0.130. The molecule has 11 nitrogen and oxygen atoms in total. The molecule has 2 aliphatic rings. The van der Waals surface area contributed by atoms with Crippen LogP contribution in [0.2, 0.25) is 0 Å². The van der Waals surface area contributed by atoms with Gasteiger partial charge in [0.2, 0.25) is 5.91 Å². The van der Waals surface area contributed by atoms with Crippen molar-refractivity contribution >= 4 is 23.5 Å². The van der Waals surface area contributed by atoms with Gasteiger partial charge in [-0.1, -0.05) is 18.7 Å². The minimum Gasteiger partial charge on any atom is -0.484 e. The van der Waals surface area contributed by atoms with Crippen LogP contribution in [0.25, 0.3) is 0 Å². The molecule has 2 N–H and O–H groups in total. The van der Waals surface area contributed by atoms with Gasteiger partial charge in [-0.25, -0.2) is 8.78 Å². The molecule has 0 spiro atoms. The Balaban J connectivity index is 1.48. The number of aromatic nitrogens is 2. The number of rotatable bonds is 11. The summed E-state index contributed by atoms with van der Waals surface area (Å²) in [5, 5.41) is 13.6. The molecule has 50 heavy (non-hydrogen) atoms. The summed E-state index contributed by atoms with van der Waals surface area (Å²) >= 11 is 0. The van der Waals surface area contributed by atoms with Gasteiger partial charge in [-0.05, 0) is 93.6 Å². The second-order valence-corrected chi connectivity index (χ2v) is 13.0. The Bertz CT molecular complexity index is 1760. The van der Waals surface area contributed by atoms with Gasteiger partial charge in [0, 0.05) is 44.4 Å². The molecule has 266 valence electrons. The van der Waals surface area contributed by atoms with E-state index in [1.54, 1.807) is 43.9 Å². The van der Waals surface area contributed by atoms with E-state index in [0.717, 1.165) is 0 Å². The molecule has 5 rings (SSSR count). The number of hydrogen-bond donors (Lipinski definition) is 2. The van der Waals surface area contributed by atoms with Crippen LogP contribution in [-0.2, 0) is 9.53 Å². The number of ether oxygens (including phenoxy) is 2. The van der Waals surface area contributed by atoms with E-state index in [9.17, 15) is 23.2 Å². The van der Waals surface area contributed by atoms with Crippen LogP contribution in [0.1, 0.15) is 81.2 Å². The molecule has 3 aromatic rings. The Hall–Kier alpha value is -4.75. The van der Waals surface area contributed by atoms with E-state index in [-0.39, 0.29) is 52.2 Å². The first-order valence-corrected chi connectivity index (χ1v) is 16.8. The van der Waals surface area contributed by atoms with E-state index in [2.05, 4.69) is 32.3 Å². The number of carbonyl (C=O) groups is 3. The summed E-state index contributed by atoms with van der Waals surface area (Å²) in [6.07, 6.45) is -0.0901. The number of amides is 3. The Morgan fingerprint density at radius 3 is 2.48 bits per heavy atom. The van der Waals surface area contributed by atoms with Gasteiger partial charge in [0.15, 0.2) is 5.82 Å². The van der Waals surface area contributed by atoms with Crippen molar-refractivity contribution in [1.29, 1.82) is 0 Å². The van der Waals surface area contributed by atoms with Gasteiger partial charge in [-0.2, -0.15) is 5.10 Å². The van der Waals surface area contributed by atoms with Crippen molar-refractivity contribution < 1.29 is 32.6 Å². The fourth-order valence-corrected chi connectivity index (χ4v) is 6.16. The van der Waals surface area contributed by atoms with E-state index in [1.807, 2.05) is 6.92 Å². The standard InChI is InChI=1S/C37H44F2N6O5/c1-7-34(46)45-12-11-44(18-24(45)5)19-33(26-9-8-21(2)30(39)16-26)50-32-15-22(3)28(17-29(32)37(48)40-27-10-13-49-20-27)36(47)41-35-23(4)14-31(25(6)38)42-43-35/h7-9,14-17,24-25,27,33H,1,10-13,18-20H2,2-6H3,(H,40,48)(H,41,43,47)/t24-,25?,27+,33-/m1/s1. The normalized spacial score (nSPS) is 19.1. The molecular weight excluding hydrogens is 646 g/mol. The van der Waals surface area contributed by atoms with E-state index in [1.165, 1.54) is 31.2 Å². The Morgan fingerprint density at radius 1 is 1.06 bits per heavy atom. The largest absolute Gasteiger partial charge is 0.484 e. The summed E-state index contributed by atoms with van der Waals surface area (Å²) in [5.41, 5.74) is 2.56. The molecule has 2 fully saturated rings. The lowest BCUT2D eigenvalue weighted by atomic mass is 10.0. The minimum absolute atomic E-state index is 0.0930. The molecule has 3 amide bonds. The summed E-state index contributed by atoms with van der Waals surface area (Å²) in [6, 6.07) is 9.22. The van der Waals surface area contributed by atoms with Gasteiger partial charge in [0.1, 0.15) is 23.8 Å². The van der Waals surface area contributed by atoms with Crippen LogP contribution in [0.3, 0.4) is 0 Å². The molecule has 0 saturated carbocycles. The van der Waals surface area contributed by atoms with E-state index < -0.39 is 24.1 Å². The van der Waals surface area contributed by atoms with Crippen molar-refractivity contribution in [2.45, 2.75) is 65.4 Å². The maximum absolute atomic E-state index is 14.9. The Kier molecular flexibility index (Phi) is 11.6. The second-order valence-electron chi connectivity index (χ2n) is 13.0. The number of benzene rings is 2. The molecule has 1 aromatic heterocycles. The topological polar surface area (TPSA) is 126 Å². The molecule has 13 heteroatoms. The highest BCUT2D eigenvalue weighted by molar-refractivity contribution is 6.07. The van der Waals surface area contributed by atoms with Crippen molar-refractivity contribution in [3.63, 3.8) is 0 Å². The van der Waals surface area contributed by atoms with Crippen LogP contribution in [-0.4, -0.2) is 89.2 Å². The third-order valence-corrected chi connectivity index (χ3v) is 9.15. The molecule has 3 heterocycles. The number of anilines is 1. The number of hydrogen-bond acceptors (Lipinski definition) is 8. The second kappa shape index (κ2) is 15.9. The number of aryl methyl sites for hydroxylation is 3. The maximum Gasteiger partial charge on any atom is 0.257 e. The number of halogens is 2. The first kappa shape index (κ1) is 36.5. The third kappa shape index (κ3) is 8.51. The first-order chi connectivity index (χ1) is 23.8. The Labute approximate surface area is 291 Å². The van der Waals surface area contributed by atoms with Crippen molar-refractivity contribution in [2.24, 2.45) is 0 Å². The maximum atomic E-state index is 14.9. The van der Waals surface area contributed by atoms with Crippen molar-refractivity contribution in [3.05, 3.63) is 93.9 Å². The summed E-state index contributed by atoms with van der Waals surface area (Å²) < 4.78 is 40.8. The average Bonchev–Trinajstić information content (AvgIpc) is 3.59.